The van der Waals surface area contributed by atoms with Crippen molar-refractivity contribution in [3.8, 4) is 0 Å². The molecule has 8 heteroatoms. The van der Waals surface area contributed by atoms with Crippen molar-refractivity contribution in [2.45, 2.75) is 52.9 Å². The van der Waals surface area contributed by atoms with Gasteiger partial charge in [-0.1, -0.05) is 12.1 Å². The third-order valence-corrected chi connectivity index (χ3v) is 4.60. The summed E-state index contributed by atoms with van der Waals surface area (Å²) in [4.78, 5) is 4.50. The predicted molar refractivity (Wildman–Crippen MR) is 105 cm³/mol. The number of aromatic nitrogens is 2. The molecule has 0 saturated heterocycles. The summed E-state index contributed by atoms with van der Waals surface area (Å²) in [5.74, 6) is 0.633. The van der Waals surface area contributed by atoms with Crippen molar-refractivity contribution >= 4 is 5.96 Å². The highest BCUT2D eigenvalue weighted by Gasteiger charge is 2.29. The summed E-state index contributed by atoms with van der Waals surface area (Å²) in [5, 5.41) is 11.0. The summed E-state index contributed by atoms with van der Waals surface area (Å²) in [6.07, 6.45) is -3.52. The van der Waals surface area contributed by atoms with Crippen LogP contribution in [0.1, 0.15) is 41.9 Å². The van der Waals surface area contributed by atoms with Gasteiger partial charge in [-0.15, -0.1) is 0 Å². The molecule has 0 aliphatic rings. The number of hydrogen-bond donors (Lipinski definition) is 2. The molecule has 0 radical (unpaired) electrons. The molecule has 0 fully saturated rings. The van der Waals surface area contributed by atoms with Gasteiger partial charge in [-0.25, -0.2) is 4.99 Å². The Balaban J connectivity index is 2.03. The number of nitrogens with zero attached hydrogens (tertiary/aromatic N) is 3. The molecular formula is C20H28F3N5. The van der Waals surface area contributed by atoms with Crippen molar-refractivity contribution in [3.63, 3.8) is 0 Å². The Labute approximate surface area is 164 Å². The SMILES string of the molecule is CCNC(=NCc1ccc(C(F)(F)F)cc1)NC(C)Cc1c(C)nn(C)c1C. The van der Waals surface area contributed by atoms with Gasteiger partial charge in [-0.05, 0) is 57.4 Å². The molecule has 2 rings (SSSR count). The van der Waals surface area contributed by atoms with Crippen LogP contribution in [-0.2, 0) is 26.2 Å². The largest absolute Gasteiger partial charge is 0.416 e. The molecule has 1 atom stereocenters. The number of benzene rings is 1. The van der Waals surface area contributed by atoms with E-state index in [-0.39, 0.29) is 6.04 Å². The van der Waals surface area contributed by atoms with E-state index in [9.17, 15) is 13.2 Å². The average molecular weight is 395 g/mol. The maximum atomic E-state index is 12.7. The third-order valence-electron chi connectivity index (χ3n) is 4.60. The minimum atomic E-state index is -4.32. The fourth-order valence-corrected chi connectivity index (χ4v) is 2.99. The van der Waals surface area contributed by atoms with Gasteiger partial charge in [0.1, 0.15) is 0 Å². The van der Waals surface area contributed by atoms with Crippen LogP contribution < -0.4 is 10.6 Å². The summed E-state index contributed by atoms with van der Waals surface area (Å²) in [6.45, 7) is 9.07. The van der Waals surface area contributed by atoms with E-state index in [2.05, 4.69) is 27.6 Å². The van der Waals surface area contributed by atoms with Crippen molar-refractivity contribution in [3.05, 3.63) is 52.3 Å². The minimum Gasteiger partial charge on any atom is -0.357 e. The lowest BCUT2D eigenvalue weighted by Gasteiger charge is -2.18. The van der Waals surface area contributed by atoms with Crippen LogP contribution in [-0.4, -0.2) is 28.3 Å². The minimum absolute atomic E-state index is 0.118. The second-order valence-electron chi connectivity index (χ2n) is 6.91. The molecule has 1 unspecified atom stereocenters. The van der Waals surface area contributed by atoms with E-state index in [1.807, 2.05) is 32.5 Å². The molecule has 154 valence electrons. The second-order valence-corrected chi connectivity index (χ2v) is 6.91. The fourth-order valence-electron chi connectivity index (χ4n) is 2.99. The number of aliphatic imine (C=N–C) groups is 1. The Hall–Kier alpha value is -2.51. The molecule has 0 aliphatic heterocycles. The van der Waals surface area contributed by atoms with Crippen LogP contribution in [0, 0.1) is 13.8 Å². The number of alkyl halides is 3. The monoisotopic (exact) mass is 395 g/mol. The van der Waals surface area contributed by atoms with Crippen LogP contribution in [0.3, 0.4) is 0 Å². The average Bonchev–Trinajstić information content (AvgIpc) is 2.85. The van der Waals surface area contributed by atoms with Gasteiger partial charge in [0.2, 0.25) is 0 Å². The van der Waals surface area contributed by atoms with Crippen LogP contribution in [0.4, 0.5) is 13.2 Å². The summed E-state index contributed by atoms with van der Waals surface area (Å²) in [6, 6.07) is 5.21. The topological polar surface area (TPSA) is 54.2 Å². The van der Waals surface area contributed by atoms with E-state index < -0.39 is 11.7 Å². The Morgan fingerprint density at radius 2 is 1.86 bits per heavy atom. The Morgan fingerprint density at radius 3 is 2.36 bits per heavy atom. The summed E-state index contributed by atoms with van der Waals surface area (Å²) in [7, 11) is 1.93. The number of hydrogen-bond acceptors (Lipinski definition) is 2. The first kappa shape index (κ1) is 21.8. The van der Waals surface area contributed by atoms with Crippen LogP contribution in [0.5, 0.6) is 0 Å². The first-order valence-corrected chi connectivity index (χ1v) is 9.31. The lowest BCUT2D eigenvalue weighted by atomic mass is 10.1. The quantitative estimate of drug-likeness (QED) is 0.579. The lowest BCUT2D eigenvalue weighted by Crippen LogP contribution is -2.43. The van der Waals surface area contributed by atoms with E-state index in [1.54, 1.807) is 0 Å². The molecule has 0 aliphatic carbocycles. The standard InChI is InChI=1S/C20H28F3N5/c1-6-24-19(25-12-16-7-9-17(10-8-16)20(21,22)23)26-13(2)11-18-14(3)27-28(5)15(18)4/h7-10,13H,6,11-12H2,1-5H3,(H2,24,25,26). The molecule has 1 heterocycles. The van der Waals surface area contributed by atoms with E-state index in [0.29, 0.717) is 19.0 Å². The van der Waals surface area contributed by atoms with Gasteiger partial charge >= 0.3 is 6.18 Å². The first-order chi connectivity index (χ1) is 13.1. The normalized spacial score (nSPS) is 13.5. The molecule has 28 heavy (non-hydrogen) atoms. The van der Waals surface area contributed by atoms with Crippen LogP contribution in [0.2, 0.25) is 0 Å². The molecule has 0 saturated carbocycles. The van der Waals surface area contributed by atoms with Crippen molar-refractivity contribution in [2.24, 2.45) is 12.0 Å². The fraction of sp³-hybridized carbons (Fsp3) is 0.500. The summed E-state index contributed by atoms with van der Waals surface area (Å²) < 4.78 is 39.9. The third kappa shape index (κ3) is 5.74. The number of guanidine groups is 1. The van der Waals surface area contributed by atoms with Crippen LogP contribution >= 0.6 is 0 Å². The highest BCUT2D eigenvalue weighted by Crippen LogP contribution is 2.29. The van der Waals surface area contributed by atoms with Gasteiger partial charge in [-0.3, -0.25) is 4.68 Å². The molecule has 2 N–H and O–H groups in total. The van der Waals surface area contributed by atoms with E-state index >= 15 is 0 Å². The maximum Gasteiger partial charge on any atom is 0.416 e. The van der Waals surface area contributed by atoms with Crippen molar-refractivity contribution in [2.75, 3.05) is 6.54 Å². The number of halogens is 3. The van der Waals surface area contributed by atoms with Crippen LogP contribution in [0.15, 0.2) is 29.3 Å². The molecule has 2 aromatic rings. The van der Waals surface area contributed by atoms with Gasteiger partial charge in [-0.2, -0.15) is 18.3 Å². The highest BCUT2D eigenvalue weighted by molar-refractivity contribution is 5.80. The highest BCUT2D eigenvalue weighted by atomic mass is 19.4. The molecule has 1 aromatic heterocycles. The van der Waals surface area contributed by atoms with Gasteiger partial charge in [0.15, 0.2) is 5.96 Å². The van der Waals surface area contributed by atoms with Gasteiger partial charge < -0.3 is 10.6 Å². The molecular weight excluding hydrogens is 367 g/mol. The summed E-state index contributed by atoms with van der Waals surface area (Å²) in [5.41, 5.74) is 3.43. The zero-order valence-corrected chi connectivity index (χ0v) is 17.0. The van der Waals surface area contributed by atoms with Crippen molar-refractivity contribution in [1.29, 1.82) is 0 Å². The first-order valence-electron chi connectivity index (χ1n) is 9.31. The molecule has 1 aromatic carbocycles. The Morgan fingerprint density at radius 1 is 1.21 bits per heavy atom. The number of aryl methyl sites for hydroxylation is 2. The van der Waals surface area contributed by atoms with E-state index in [4.69, 9.17) is 0 Å². The van der Waals surface area contributed by atoms with Crippen molar-refractivity contribution in [1.82, 2.24) is 20.4 Å². The second kappa shape index (κ2) is 9.12. The smallest absolute Gasteiger partial charge is 0.357 e. The molecule has 5 nitrogen and oxygen atoms in total. The van der Waals surface area contributed by atoms with Gasteiger partial charge in [0.05, 0.1) is 17.8 Å². The van der Waals surface area contributed by atoms with Crippen LogP contribution in [0.25, 0.3) is 0 Å². The predicted octanol–water partition coefficient (Wildman–Crippen LogP) is 3.74. The number of rotatable bonds is 6. The summed E-state index contributed by atoms with van der Waals surface area (Å²) >= 11 is 0. The lowest BCUT2D eigenvalue weighted by molar-refractivity contribution is -0.137. The van der Waals surface area contributed by atoms with Gasteiger partial charge in [0.25, 0.3) is 0 Å². The Kier molecular flexibility index (Phi) is 7.10. The zero-order chi connectivity index (χ0) is 20.9. The molecule has 0 spiro atoms. The zero-order valence-electron chi connectivity index (χ0n) is 17.0. The Bertz CT molecular complexity index is 806. The van der Waals surface area contributed by atoms with E-state index in [0.717, 1.165) is 35.5 Å². The number of nitrogens with one attached hydrogen (secondary N) is 2. The van der Waals surface area contributed by atoms with Gasteiger partial charge in [0, 0.05) is 25.3 Å². The van der Waals surface area contributed by atoms with Crippen molar-refractivity contribution < 1.29 is 13.2 Å². The maximum absolute atomic E-state index is 12.7. The molecule has 0 bridgehead atoms. The molecule has 0 amide bonds. The van der Waals surface area contributed by atoms with E-state index in [1.165, 1.54) is 17.7 Å².